The Balaban J connectivity index is 2.41. The van der Waals surface area contributed by atoms with Crippen LogP contribution in [0, 0.1) is 0 Å². The standard InChI is InChI=1S/C21H26O2/c1-20(2,3)15-11-16(21(4,5)6)19-17(18(15)22)14-10-8-7-9-13(14)12-23-19/h7-11,22H,12H2,1-6H3. The number of aromatic hydroxyl groups is 1. The van der Waals surface area contributed by atoms with Crippen molar-refractivity contribution in [3.05, 3.63) is 47.0 Å². The van der Waals surface area contributed by atoms with Crippen LogP contribution in [0.1, 0.15) is 58.2 Å². The van der Waals surface area contributed by atoms with Crippen LogP contribution in [-0.4, -0.2) is 5.11 Å². The van der Waals surface area contributed by atoms with Crippen LogP contribution in [0.5, 0.6) is 11.5 Å². The molecule has 23 heavy (non-hydrogen) atoms. The molecule has 0 unspecified atom stereocenters. The minimum absolute atomic E-state index is 0.0515. The zero-order valence-electron chi connectivity index (χ0n) is 14.9. The van der Waals surface area contributed by atoms with E-state index in [0.717, 1.165) is 33.6 Å². The van der Waals surface area contributed by atoms with Gasteiger partial charge in [0.15, 0.2) is 0 Å². The molecule has 0 atom stereocenters. The van der Waals surface area contributed by atoms with E-state index in [9.17, 15) is 5.11 Å². The predicted octanol–water partition coefficient (Wildman–Crippen LogP) is 5.55. The van der Waals surface area contributed by atoms with E-state index in [1.165, 1.54) is 0 Å². The lowest BCUT2D eigenvalue weighted by molar-refractivity contribution is 0.291. The van der Waals surface area contributed by atoms with Gasteiger partial charge in [0, 0.05) is 11.1 Å². The van der Waals surface area contributed by atoms with E-state index in [2.05, 4.69) is 59.7 Å². The molecular formula is C21H26O2. The summed E-state index contributed by atoms with van der Waals surface area (Å²) in [7, 11) is 0. The Bertz CT molecular complexity index is 759. The highest BCUT2D eigenvalue weighted by Gasteiger charge is 2.33. The SMILES string of the molecule is CC(C)(C)c1cc(C(C)(C)C)c2c(c1O)-c1ccccc1CO2. The van der Waals surface area contributed by atoms with E-state index >= 15 is 0 Å². The first-order valence-electron chi connectivity index (χ1n) is 8.22. The highest BCUT2D eigenvalue weighted by Crippen LogP contribution is 2.51. The van der Waals surface area contributed by atoms with E-state index in [-0.39, 0.29) is 10.8 Å². The van der Waals surface area contributed by atoms with Gasteiger partial charge in [0.25, 0.3) is 0 Å². The minimum atomic E-state index is -0.133. The lowest BCUT2D eigenvalue weighted by Gasteiger charge is -2.33. The smallest absolute Gasteiger partial charge is 0.135 e. The van der Waals surface area contributed by atoms with Gasteiger partial charge in [0.2, 0.25) is 0 Å². The Morgan fingerprint density at radius 1 is 0.913 bits per heavy atom. The Kier molecular flexibility index (Phi) is 3.47. The van der Waals surface area contributed by atoms with Crippen LogP contribution in [0.15, 0.2) is 30.3 Å². The molecule has 0 radical (unpaired) electrons. The second-order valence-electron chi connectivity index (χ2n) is 8.47. The summed E-state index contributed by atoms with van der Waals surface area (Å²) in [6, 6.07) is 10.3. The molecule has 3 rings (SSSR count). The molecule has 1 aliphatic heterocycles. The van der Waals surface area contributed by atoms with Crippen molar-refractivity contribution in [2.45, 2.75) is 59.0 Å². The van der Waals surface area contributed by atoms with Crippen LogP contribution in [0.3, 0.4) is 0 Å². The van der Waals surface area contributed by atoms with Crippen molar-refractivity contribution in [3.63, 3.8) is 0 Å². The summed E-state index contributed by atoms with van der Waals surface area (Å²) in [6.45, 7) is 13.5. The molecule has 2 heteroatoms. The van der Waals surface area contributed by atoms with Crippen LogP contribution >= 0.6 is 0 Å². The minimum Gasteiger partial charge on any atom is -0.507 e. The van der Waals surface area contributed by atoms with Crippen LogP contribution in [0.25, 0.3) is 11.1 Å². The molecule has 0 spiro atoms. The molecule has 0 aliphatic carbocycles. The lowest BCUT2D eigenvalue weighted by Crippen LogP contribution is -2.20. The maximum Gasteiger partial charge on any atom is 0.135 e. The molecule has 2 aromatic carbocycles. The highest BCUT2D eigenvalue weighted by atomic mass is 16.5. The zero-order chi connectivity index (χ0) is 17.0. The van der Waals surface area contributed by atoms with Gasteiger partial charge in [0.05, 0.1) is 5.56 Å². The van der Waals surface area contributed by atoms with Crippen LogP contribution < -0.4 is 4.74 Å². The fraction of sp³-hybridized carbons (Fsp3) is 0.429. The lowest BCUT2D eigenvalue weighted by atomic mass is 9.76. The maximum atomic E-state index is 11.0. The number of hydrogen-bond donors (Lipinski definition) is 1. The van der Waals surface area contributed by atoms with Crippen LogP contribution in [0.2, 0.25) is 0 Å². The van der Waals surface area contributed by atoms with E-state index in [0.29, 0.717) is 12.4 Å². The average molecular weight is 310 g/mol. The van der Waals surface area contributed by atoms with Gasteiger partial charge < -0.3 is 9.84 Å². The monoisotopic (exact) mass is 310 g/mol. The molecule has 0 bridgehead atoms. The Morgan fingerprint density at radius 3 is 2.13 bits per heavy atom. The second-order valence-corrected chi connectivity index (χ2v) is 8.47. The molecule has 122 valence electrons. The number of hydrogen-bond acceptors (Lipinski definition) is 2. The van der Waals surface area contributed by atoms with Crippen LogP contribution in [-0.2, 0) is 17.4 Å². The van der Waals surface area contributed by atoms with Gasteiger partial charge in [-0.25, -0.2) is 0 Å². The molecule has 2 aromatic rings. The van der Waals surface area contributed by atoms with E-state index < -0.39 is 0 Å². The summed E-state index contributed by atoms with van der Waals surface area (Å²) in [5.74, 6) is 1.19. The summed E-state index contributed by atoms with van der Waals surface area (Å²) in [5.41, 5.74) is 5.01. The third-order valence-electron chi connectivity index (χ3n) is 4.53. The normalized spacial score (nSPS) is 14.0. The Morgan fingerprint density at radius 2 is 1.52 bits per heavy atom. The number of phenols is 1. The number of phenolic OH excluding ortho intramolecular Hbond substituents is 1. The molecule has 0 fully saturated rings. The van der Waals surface area contributed by atoms with Gasteiger partial charge in [0.1, 0.15) is 18.1 Å². The summed E-state index contributed by atoms with van der Waals surface area (Å²) < 4.78 is 6.10. The van der Waals surface area contributed by atoms with Gasteiger partial charge in [-0.05, 0) is 28.0 Å². The van der Waals surface area contributed by atoms with Crippen molar-refractivity contribution in [1.29, 1.82) is 0 Å². The van der Waals surface area contributed by atoms with Crippen molar-refractivity contribution in [2.75, 3.05) is 0 Å². The summed E-state index contributed by atoms with van der Waals surface area (Å²) in [4.78, 5) is 0. The maximum absolute atomic E-state index is 11.0. The number of ether oxygens (including phenoxy) is 1. The summed E-state index contributed by atoms with van der Waals surface area (Å²) in [6.07, 6.45) is 0. The van der Waals surface area contributed by atoms with Crippen LogP contribution in [0.4, 0.5) is 0 Å². The summed E-state index contributed by atoms with van der Waals surface area (Å²) >= 11 is 0. The first kappa shape index (κ1) is 15.9. The third kappa shape index (κ3) is 2.60. The number of rotatable bonds is 0. The molecule has 1 aliphatic rings. The van der Waals surface area contributed by atoms with Crippen molar-refractivity contribution in [1.82, 2.24) is 0 Å². The van der Waals surface area contributed by atoms with Gasteiger partial charge in [-0.2, -0.15) is 0 Å². The Hall–Kier alpha value is -1.96. The van der Waals surface area contributed by atoms with Gasteiger partial charge in [-0.15, -0.1) is 0 Å². The number of fused-ring (bicyclic) bond motifs is 3. The van der Waals surface area contributed by atoms with Gasteiger partial charge in [-0.3, -0.25) is 0 Å². The third-order valence-corrected chi connectivity index (χ3v) is 4.53. The molecular weight excluding hydrogens is 284 g/mol. The first-order chi connectivity index (χ1) is 10.6. The quantitative estimate of drug-likeness (QED) is 0.691. The van der Waals surface area contributed by atoms with Crippen molar-refractivity contribution < 1.29 is 9.84 Å². The molecule has 0 saturated heterocycles. The molecule has 1 heterocycles. The number of benzene rings is 2. The Labute approximate surface area is 139 Å². The van der Waals surface area contributed by atoms with Gasteiger partial charge >= 0.3 is 0 Å². The van der Waals surface area contributed by atoms with Crippen molar-refractivity contribution in [2.24, 2.45) is 0 Å². The van der Waals surface area contributed by atoms with Crippen molar-refractivity contribution >= 4 is 0 Å². The van der Waals surface area contributed by atoms with E-state index in [1.54, 1.807) is 0 Å². The molecule has 0 aromatic heterocycles. The van der Waals surface area contributed by atoms with E-state index in [1.807, 2.05) is 12.1 Å². The first-order valence-corrected chi connectivity index (χ1v) is 8.22. The zero-order valence-corrected chi connectivity index (χ0v) is 14.9. The predicted molar refractivity (Wildman–Crippen MR) is 95.3 cm³/mol. The molecule has 2 nitrogen and oxygen atoms in total. The molecule has 0 amide bonds. The fourth-order valence-electron chi connectivity index (χ4n) is 3.22. The molecule has 1 N–H and O–H groups in total. The average Bonchev–Trinajstić information content (AvgIpc) is 2.44. The molecule has 0 saturated carbocycles. The highest BCUT2D eigenvalue weighted by molar-refractivity contribution is 5.84. The fourth-order valence-corrected chi connectivity index (χ4v) is 3.22. The van der Waals surface area contributed by atoms with Gasteiger partial charge in [-0.1, -0.05) is 65.8 Å². The second kappa shape index (κ2) is 5.02. The topological polar surface area (TPSA) is 29.5 Å². The van der Waals surface area contributed by atoms with E-state index in [4.69, 9.17) is 4.74 Å². The largest absolute Gasteiger partial charge is 0.507 e. The van der Waals surface area contributed by atoms with Crippen molar-refractivity contribution in [3.8, 4) is 22.6 Å². The summed E-state index contributed by atoms with van der Waals surface area (Å²) in [5, 5.41) is 11.0.